The smallest absolute Gasteiger partial charge is 0.870 e. The molecule has 0 aliphatic carbocycles. The fourth-order valence-corrected chi connectivity index (χ4v) is 0. The van der Waals surface area contributed by atoms with E-state index in [0.29, 0.717) is 0 Å². The summed E-state index contributed by atoms with van der Waals surface area (Å²) >= 11 is 0. The number of hydrogen-bond acceptors (Lipinski definition) is 4. The van der Waals surface area contributed by atoms with E-state index < -0.39 is 0 Å². The van der Waals surface area contributed by atoms with Gasteiger partial charge in [-0.1, -0.05) is 0 Å². The van der Waals surface area contributed by atoms with Crippen molar-refractivity contribution in [3.05, 3.63) is 0 Å². The molecule has 0 atom stereocenters. The van der Waals surface area contributed by atoms with E-state index in [4.69, 9.17) is 0 Å². The summed E-state index contributed by atoms with van der Waals surface area (Å²) in [6.07, 6.45) is 0. The van der Waals surface area contributed by atoms with Crippen LogP contribution in [0.5, 0.6) is 0 Å². The molecule has 0 saturated heterocycles. The van der Waals surface area contributed by atoms with Crippen LogP contribution in [0.25, 0.3) is 0 Å². The average Bonchev–Trinajstić information content (AvgIpc) is 0. The van der Waals surface area contributed by atoms with Gasteiger partial charge in [0.2, 0.25) is 0 Å². The van der Waals surface area contributed by atoms with E-state index in [1.165, 1.54) is 0 Å². The maximum absolute atomic E-state index is 0. The first-order valence-corrected chi connectivity index (χ1v) is 0. The maximum atomic E-state index is 0. The summed E-state index contributed by atoms with van der Waals surface area (Å²) in [4.78, 5) is 0. The van der Waals surface area contributed by atoms with Crippen molar-refractivity contribution in [2.24, 2.45) is 0 Å². The molecule has 4 N–H and O–H groups in total. The van der Waals surface area contributed by atoms with Crippen LogP contribution < -0.4 is 0 Å². The van der Waals surface area contributed by atoms with Crippen molar-refractivity contribution < 1.29 is 63.1 Å². The molecule has 0 aromatic rings. The minimum Gasteiger partial charge on any atom is -0.870 e. The van der Waals surface area contributed by atoms with E-state index in [1.54, 1.807) is 0 Å². The summed E-state index contributed by atoms with van der Waals surface area (Å²) in [5.74, 6) is 0. The molecule has 4 nitrogen and oxygen atoms in total. The third-order valence-electron chi connectivity index (χ3n) is 0. The van der Waals surface area contributed by atoms with Crippen LogP contribution in [-0.2, 0) is 41.2 Å². The standard InChI is InChI=1S/4H2O.Pb.Ti.Zn/h4*1H2;;;/q;;;;;;+2/p-4. The van der Waals surface area contributed by atoms with Crippen molar-refractivity contribution in [2.45, 2.75) is 0 Å². The molecule has 40 valence electrons. The van der Waals surface area contributed by atoms with Crippen LogP contribution >= 0.6 is 0 Å². The summed E-state index contributed by atoms with van der Waals surface area (Å²) in [7, 11) is 0. The van der Waals surface area contributed by atoms with Gasteiger partial charge in [0.1, 0.15) is 0 Å². The second-order valence-electron chi connectivity index (χ2n) is 0. The summed E-state index contributed by atoms with van der Waals surface area (Å²) in [6.45, 7) is 0. The van der Waals surface area contributed by atoms with Crippen molar-refractivity contribution in [3.63, 3.8) is 0 Å². The Morgan fingerprint density at radius 1 is 0.571 bits per heavy atom. The van der Waals surface area contributed by atoms with E-state index in [1.807, 2.05) is 0 Å². The molecule has 0 heterocycles. The van der Waals surface area contributed by atoms with E-state index in [2.05, 4.69) is 0 Å². The third-order valence-corrected chi connectivity index (χ3v) is 0. The van der Waals surface area contributed by atoms with Gasteiger partial charge in [-0.2, -0.15) is 0 Å². The van der Waals surface area contributed by atoms with Gasteiger partial charge in [-0.25, -0.2) is 0 Å². The van der Waals surface area contributed by atoms with Crippen LogP contribution in [-0.4, -0.2) is 49.2 Å². The first-order chi connectivity index (χ1) is 0. The van der Waals surface area contributed by atoms with Gasteiger partial charge in [-0.15, -0.1) is 0 Å². The quantitative estimate of drug-likeness (QED) is 0.490. The van der Waals surface area contributed by atoms with Gasteiger partial charge in [0.15, 0.2) is 0 Å². The third kappa shape index (κ3) is 68.4. The molecule has 0 aliphatic heterocycles. The predicted molar refractivity (Wildman–Crippen MR) is 13.5 cm³/mol. The van der Waals surface area contributed by atoms with E-state index in [-0.39, 0.29) is 90.4 Å². The molecule has 0 unspecified atom stereocenters. The van der Waals surface area contributed by atoms with Gasteiger partial charge in [0.25, 0.3) is 0 Å². The van der Waals surface area contributed by atoms with Gasteiger partial charge >= 0.3 is 19.5 Å². The average molecular weight is 388 g/mol. The van der Waals surface area contributed by atoms with Crippen molar-refractivity contribution >= 4 is 27.3 Å². The number of hydrogen-bond donors (Lipinski definition) is 0. The van der Waals surface area contributed by atoms with Crippen LogP contribution in [0, 0.1) is 0 Å². The van der Waals surface area contributed by atoms with Crippen molar-refractivity contribution in [1.29, 1.82) is 0 Å². The van der Waals surface area contributed by atoms with Crippen molar-refractivity contribution in [3.8, 4) is 0 Å². The molecule has 0 aromatic heterocycles. The Morgan fingerprint density at radius 3 is 0.571 bits per heavy atom. The zero-order chi connectivity index (χ0) is 0. The van der Waals surface area contributed by atoms with Crippen LogP contribution in [0.3, 0.4) is 0 Å². The fraction of sp³-hybridized carbons (Fsp3) is 0. The zero-order valence-corrected chi connectivity index (χ0v) is 11.9. The molecular formula is H4O4PbTiZn-2. The molecule has 0 saturated carbocycles. The van der Waals surface area contributed by atoms with E-state index in [9.17, 15) is 0 Å². The second kappa shape index (κ2) is 92.6. The van der Waals surface area contributed by atoms with Crippen molar-refractivity contribution in [2.75, 3.05) is 0 Å². The normalized spacial score (nSPS) is 0. The van der Waals surface area contributed by atoms with E-state index in [0.717, 1.165) is 0 Å². The zero-order valence-electron chi connectivity index (χ0n) is 3.50. The van der Waals surface area contributed by atoms with Crippen molar-refractivity contribution in [1.82, 2.24) is 0 Å². The van der Waals surface area contributed by atoms with Gasteiger partial charge in [0.05, 0.1) is 0 Å². The summed E-state index contributed by atoms with van der Waals surface area (Å²) in [5, 5.41) is 0. The Morgan fingerprint density at radius 2 is 0.571 bits per heavy atom. The Kier molecular flexibility index (Phi) is 1790. The minimum atomic E-state index is 0. The topological polar surface area (TPSA) is 120 Å². The predicted octanol–water partition coefficient (Wildman–Crippen LogP) is -1.09. The molecule has 0 bridgehead atoms. The second-order valence-corrected chi connectivity index (χ2v) is 0. The molecule has 0 aromatic carbocycles. The summed E-state index contributed by atoms with van der Waals surface area (Å²) in [5.41, 5.74) is 0. The monoisotopic (exact) mass is 388 g/mol. The first-order valence-electron chi connectivity index (χ1n) is 0. The van der Waals surface area contributed by atoms with Crippen LogP contribution in [0.15, 0.2) is 0 Å². The van der Waals surface area contributed by atoms with Crippen LogP contribution in [0.2, 0.25) is 0 Å². The molecule has 7 heavy (non-hydrogen) atoms. The molecule has 0 fully saturated rings. The Hall–Kier alpha value is 2.10. The first kappa shape index (κ1) is 135. The molecule has 0 amide bonds. The fourth-order valence-electron chi connectivity index (χ4n) is 0. The minimum absolute atomic E-state index is 0. The largest absolute Gasteiger partial charge is 2.00 e. The molecule has 0 aliphatic rings. The van der Waals surface area contributed by atoms with Gasteiger partial charge < -0.3 is 21.9 Å². The summed E-state index contributed by atoms with van der Waals surface area (Å²) < 4.78 is 0. The maximum Gasteiger partial charge on any atom is 2.00 e. The molecule has 0 rings (SSSR count). The Bertz CT molecular complexity index is 11.7. The SMILES string of the molecule is [OH-].[OH-].[OH-].[OH-].[Pb].[Ti].[Zn+2]. The van der Waals surface area contributed by atoms with Crippen LogP contribution in [0.1, 0.15) is 0 Å². The molecular weight excluding hydrogens is 384 g/mol. The van der Waals surface area contributed by atoms with Gasteiger partial charge in [-0.05, 0) is 0 Å². The summed E-state index contributed by atoms with van der Waals surface area (Å²) in [6, 6.07) is 0. The van der Waals surface area contributed by atoms with E-state index >= 15 is 0 Å². The number of rotatable bonds is 0. The van der Waals surface area contributed by atoms with Gasteiger partial charge in [0, 0.05) is 49.0 Å². The Labute approximate surface area is 89.5 Å². The van der Waals surface area contributed by atoms with Gasteiger partial charge in [-0.3, -0.25) is 0 Å². The van der Waals surface area contributed by atoms with Crippen LogP contribution in [0.4, 0.5) is 0 Å². The molecule has 0 spiro atoms. The molecule has 7 heteroatoms. The molecule has 4 radical (unpaired) electrons. The Balaban J connectivity index is 0.